The van der Waals surface area contributed by atoms with Crippen molar-refractivity contribution in [2.45, 2.75) is 39.9 Å². The van der Waals surface area contributed by atoms with Crippen LogP contribution >= 0.6 is 0 Å². The summed E-state index contributed by atoms with van der Waals surface area (Å²) in [6.45, 7) is 7.37. The SMILES string of the molecule is CC(C)Oc1cc(C(=O)O)ccc1-c1ccc(C(=O)O)cc1OC(C)C. The topological polar surface area (TPSA) is 93.1 Å². The van der Waals surface area contributed by atoms with Gasteiger partial charge in [0.2, 0.25) is 0 Å². The fourth-order valence-electron chi connectivity index (χ4n) is 2.46. The molecule has 0 amide bonds. The Morgan fingerprint density at radius 1 is 0.731 bits per heavy atom. The smallest absolute Gasteiger partial charge is 0.335 e. The molecular weight excluding hydrogens is 336 g/mol. The van der Waals surface area contributed by atoms with Crippen LogP contribution in [0.5, 0.6) is 11.5 Å². The Kier molecular flexibility index (Phi) is 5.87. The van der Waals surface area contributed by atoms with Crippen LogP contribution < -0.4 is 9.47 Å². The standard InChI is InChI=1S/C20H22O6/c1-11(2)25-17-9-13(19(21)22)5-7-15(17)16-8-6-14(20(23)24)10-18(16)26-12(3)4/h5-12H,1-4H3,(H,21,22)(H,23,24). The van der Waals surface area contributed by atoms with Crippen molar-refractivity contribution in [3.05, 3.63) is 47.5 Å². The second-order valence-corrected chi connectivity index (χ2v) is 6.37. The molecular formula is C20H22O6. The van der Waals surface area contributed by atoms with Gasteiger partial charge in [-0.15, -0.1) is 0 Å². The molecule has 0 saturated heterocycles. The molecule has 0 aliphatic carbocycles. The van der Waals surface area contributed by atoms with Gasteiger partial charge in [0.25, 0.3) is 0 Å². The van der Waals surface area contributed by atoms with Crippen LogP contribution in [-0.4, -0.2) is 34.4 Å². The summed E-state index contributed by atoms with van der Waals surface area (Å²) in [6, 6.07) is 9.17. The molecule has 2 aromatic carbocycles. The van der Waals surface area contributed by atoms with E-state index in [2.05, 4.69) is 0 Å². The molecule has 138 valence electrons. The van der Waals surface area contributed by atoms with Gasteiger partial charge in [-0.1, -0.05) is 0 Å². The molecule has 6 heteroatoms. The largest absolute Gasteiger partial charge is 0.490 e. The van der Waals surface area contributed by atoms with Gasteiger partial charge in [0.05, 0.1) is 23.3 Å². The molecule has 0 fully saturated rings. The number of hydrogen-bond donors (Lipinski definition) is 2. The quantitative estimate of drug-likeness (QED) is 0.765. The molecule has 0 unspecified atom stereocenters. The van der Waals surface area contributed by atoms with Gasteiger partial charge in [-0.05, 0) is 64.1 Å². The maximum absolute atomic E-state index is 11.3. The van der Waals surface area contributed by atoms with E-state index in [1.165, 1.54) is 24.3 Å². The molecule has 0 atom stereocenters. The Bertz CT molecular complexity index is 754. The van der Waals surface area contributed by atoms with Crippen molar-refractivity contribution in [2.24, 2.45) is 0 Å². The van der Waals surface area contributed by atoms with E-state index in [1.54, 1.807) is 12.1 Å². The Balaban J connectivity index is 2.65. The molecule has 0 heterocycles. The van der Waals surface area contributed by atoms with Gasteiger partial charge >= 0.3 is 11.9 Å². The van der Waals surface area contributed by atoms with Crippen LogP contribution in [-0.2, 0) is 0 Å². The zero-order chi connectivity index (χ0) is 19.4. The predicted octanol–water partition coefficient (Wildman–Crippen LogP) is 4.32. The van der Waals surface area contributed by atoms with E-state index < -0.39 is 11.9 Å². The van der Waals surface area contributed by atoms with Crippen molar-refractivity contribution in [2.75, 3.05) is 0 Å². The van der Waals surface area contributed by atoms with E-state index in [1.807, 2.05) is 27.7 Å². The normalized spacial score (nSPS) is 10.8. The van der Waals surface area contributed by atoms with Crippen molar-refractivity contribution in [1.82, 2.24) is 0 Å². The second kappa shape index (κ2) is 7.91. The zero-order valence-electron chi connectivity index (χ0n) is 15.1. The number of benzene rings is 2. The third-order valence-electron chi connectivity index (χ3n) is 3.47. The second-order valence-electron chi connectivity index (χ2n) is 6.37. The van der Waals surface area contributed by atoms with Crippen molar-refractivity contribution < 1.29 is 29.3 Å². The van der Waals surface area contributed by atoms with E-state index in [-0.39, 0.29) is 23.3 Å². The highest BCUT2D eigenvalue weighted by Crippen LogP contribution is 2.38. The number of carboxylic acids is 2. The highest BCUT2D eigenvalue weighted by atomic mass is 16.5. The minimum Gasteiger partial charge on any atom is -0.490 e. The summed E-state index contributed by atoms with van der Waals surface area (Å²) >= 11 is 0. The molecule has 0 aliphatic rings. The summed E-state index contributed by atoms with van der Waals surface area (Å²) in [5.74, 6) is -1.30. The van der Waals surface area contributed by atoms with Crippen LogP contribution in [0.3, 0.4) is 0 Å². The summed E-state index contributed by atoms with van der Waals surface area (Å²) in [5, 5.41) is 18.5. The fourth-order valence-corrected chi connectivity index (χ4v) is 2.46. The lowest BCUT2D eigenvalue weighted by Gasteiger charge is -2.19. The molecule has 2 aromatic rings. The monoisotopic (exact) mass is 358 g/mol. The van der Waals surface area contributed by atoms with Crippen molar-refractivity contribution in [3.8, 4) is 22.6 Å². The molecule has 0 radical (unpaired) electrons. The van der Waals surface area contributed by atoms with Crippen molar-refractivity contribution in [1.29, 1.82) is 0 Å². The Hall–Kier alpha value is -3.02. The van der Waals surface area contributed by atoms with Gasteiger partial charge in [0.1, 0.15) is 11.5 Å². The summed E-state index contributed by atoms with van der Waals surface area (Å²) in [7, 11) is 0. The molecule has 0 aliphatic heterocycles. The van der Waals surface area contributed by atoms with Crippen LogP contribution in [0.2, 0.25) is 0 Å². The third kappa shape index (κ3) is 4.53. The first-order chi connectivity index (χ1) is 12.2. The Labute approximate surface area is 152 Å². The van der Waals surface area contributed by atoms with Gasteiger partial charge in [0.15, 0.2) is 0 Å². The van der Waals surface area contributed by atoms with Gasteiger partial charge < -0.3 is 19.7 Å². The summed E-state index contributed by atoms with van der Waals surface area (Å²) in [6.07, 6.45) is -0.323. The molecule has 0 spiro atoms. The molecule has 0 aromatic heterocycles. The summed E-state index contributed by atoms with van der Waals surface area (Å²) in [5.41, 5.74) is 1.49. The number of ether oxygens (including phenoxy) is 2. The Morgan fingerprint density at radius 2 is 1.08 bits per heavy atom. The number of carboxylic acid groups (broad SMARTS) is 2. The van der Waals surface area contributed by atoms with E-state index in [0.29, 0.717) is 22.6 Å². The molecule has 6 nitrogen and oxygen atoms in total. The minimum atomic E-state index is -1.05. The van der Waals surface area contributed by atoms with Gasteiger partial charge in [0, 0.05) is 11.1 Å². The van der Waals surface area contributed by atoms with Crippen LogP contribution in [0.1, 0.15) is 48.4 Å². The molecule has 2 rings (SSSR count). The highest BCUT2D eigenvalue weighted by Gasteiger charge is 2.18. The van der Waals surface area contributed by atoms with Crippen LogP contribution in [0, 0.1) is 0 Å². The average Bonchev–Trinajstić information content (AvgIpc) is 2.53. The highest BCUT2D eigenvalue weighted by molar-refractivity contribution is 5.92. The maximum Gasteiger partial charge on any atom is 0.335 e. The average molecular weight is 358 g/mol. The van der Waals surface area contributed by atoms with Crippen molar-refractivity contribution >= 4 is 11.9 Å². The lowest BCUT2D eigenvalue weighted by molar-refractivity contribution is 0.0685. The first-order valence-electron chi connectivity index (χ1n) is 8.27. The number of rotatable bonds is 7. The van der Waals surface area contributed by atoms with E-state index in [0.717, 1.165) is 0 Å². The van der Waals surface area contributed by atoms with Crippen LogP contribution in [0.15, 0.2) is 36.4 Å². The molecule has 2 N–H and O–H groups in total. The predicted molar refractivity (Wildman–Crippen MR) is 97.3 cm³/mol. The van der Waals surface area contributed by atoms with E-state index in [4.69, 9.17) is 9.47 Å². The summed E-state index contributed by atoms with van der Waals surface area (Å²) in [4.78, 5) is 22.5. The van der Waals surface area contributed by atoms with Gasteiger partial charge in [-0.2, -0.15) is 0 Å². The first kappa shape index (κ1) is 19.3. The number of hydrogen-bond acceptors (Lipinski definition) is 4. The summed E-state index contributed by atoms with van der Waals surface area (Å²) < 4.78 is 11.6. The van der Waals surface area contributed by atoms with Crippen molar-refractivity contribution in [3.63, 3.8) is 0 Å². The maximum atomic E-state index is 11.3. The fraction of sp³-hybridized carbons (Fsp3) is 0.300. The molecule has 0 bridgehead atoms. The lowest BCUT2D eigenvalue weighted by Crippen LogP contribution is -2.10. The van der Waals surface area contributed by atoms with E-state index in [9.17, 15) is 19.8 Å². The van der Waals surface area contributed by atoms with Gasteiger partial charge in [-0.3, -0.25) is 0 Å². The number of aromatic carboxylic acids is 2. The minimum absolute atomic E-state index is 0.109. The zero-order valence-corrected chi connectivity index (χ0v) is 15.1. The molecule has 0 saturated carbocycles. The van der Waals surface area contributed by atoms with Crippen LogP contribution in [0.25, 0.3) is 11.1 Å². The number of carbonyl (C=O) groups is 2. The lowest BCUT2D eigenvalue weighted by atomic mass is 9.99. The first-order valence-corrected chi connectivity index (χ1v) is 8.27. The third-order valence-corrected chi connectivity index (χ3v) is 3.47. The van der Waals surface area contributed by atoms with E-state index >= 15 is 0 Å². The van der Waals surface area contributed by atoms with Crippen LogP contribution in [0.4, 0.5) is 0 Å². The Morgan fingerprint density at radius 3 is 1.35 bits per heavy atom. The van der Waals surface area contributed by atoms with Gasteiger partial charge in [-0.25, -0.2) is 9.59 Å². The molecule has 26 heavy (non-hydrogen) atoms.